The maximum Gasteiger partial charge on any atom is 0.253 e. The van der Waals surface area contributed by atoms with Gasteiger partial charge in [-0.05, 0) is 30.9 Å². The number of benzene rings is 1. The molecule has 1 unspecified atom stereocenters. The number of carbonyl (C=O) groups is 1. The summed E-state index contributed by atoms with van der Waals surface area (Å²) in [7, 11) is 0. The van der Waals surface area contributed by atoms with Crippen molar-refractivity contribution in [1.29, 1.82) is 0 Å². The van der Waals surface area contributed by atoms with Crippen LogP contribution in [0.2, 0.25) is 10.0 Å². The fourth-order valence-electron chi connectivity index (χ4n) is 1.75. The van der Waals surface area contributed by atoms with Crippen molar-refractivity contribution in [3.05, 3.63) is 33.8 Å². The van der Waals surface area contributed by atoms with Crippen LogP contribution in [0.3, 0.4) is 0 Å². The van der Waals surface area contributed by atoms with Gasteiger partial charge in [-0.3, -0.25) is 4.79 Å². The summed E-state index contributed by atoms with van der Waals surface area (Å²) in [5.74, 6) is 0.0524. The molecule has 1 amide bonds. The third-order valence-corrected chi connectivity index (χ3v) is 3.96. The molecule has 18 heavy (non-hydrogen) atoms. The Morgan fingerprint density at radius 2 is 2.11 bits per heavy atom. The van der Waals surface area contributed by atoms with Gasteiger partial charge in [-0.15, -0.1) is 0 Å². The van der Waals surface area contributed by atoms with Gasteiger partial charge in [-0.1, -0.05) is 41.5 Å². The zero-order chi connectivity index (χ0) is 13.3. The molecule has 1 fully saturated rings. The lowest BCUT2D eigenvalue weighted by Crippen LogP contribution is -2.45. The minimum Gasteiger partial charge on any atom is -0.392 e. The third kappa shape index (κ3) is 2.94. The highest BCUT2D eigenvalue weighted by molar-refractivity contribution is 7.80. The van der Waals surface area contributed by atoms with Crippen molar-refractivity contribution < 1.29 is 4.79 Å². The fraction of sp³-hybridized carbons (Fsp3) is 0.333. The topological polar surface area (TPSA) is 55.1 Å². The highest BCUT2D eigenvalue weighted by atomic mass is 35.5. The van der Waals surface area contributed by atoms with Gasteiger partial charge in [0.15, 0.2) is 0 Å². The summed E-state index contributed by atoms with van der Waals surface area (Å²) in [6.45, 7) is 0. The summed E-state index contributed by atoms with van der Waals surface area (Å²) in [6.07, 6.45) is 2.07. The summed E-state index contributed by atoms with van der Waals surface area (Å²) in [5.41, 5.74) is 5.97. The zero-order valence-electron chi connectivity index (χ0n) is 9.45. The SMILES string of the molecule is NC(=S)C(NC(=O)c1cccc(Cl)c1Cl)C1CC1. The van der Waals surface area contributed by atoms with Crippen LogP contribution in [0.1, 0.15) is 23.2 Å². The Morgan fingerprint density at radius 3 is 2.67 bits per heavy atom. The Bertz CT molecular complexity index is 503. The van der Waals surface area contributed by atoms with Crippen LogP contribution in [0.15, 0.2) is 18.2 Å². The number of nitrogens with one attached hydrogen (secondary N) is 1. The first-order chi connectivity index (χ1) is 8.50. The molecule has 1 aliphatic carbocycles. The van der Waals surface area contributed by atoms with E-state index in [0.717, 1.165) is 12.8 Å². The van der Waals surface area contributed by atoms with Crippen LogP contribution in [0.4, 0.5) is 0 Å². The standard InChI is InChI=1S/C12H12Cl2N2OS/c13-8-3-1-2-7(9(8)14)12(17)16-10(11(15)18)6-4-5-6/h1-3,6,10H,4-5H2,(H2,15,18)(H,16,17). The van der Waals surface area contributed by atoms with Crippen LogP contribution in [0.25, 0.3) is 0 Å². The largest absolute Gasteiger partial charge is 0.392 e. The van der Waals surface area contributed by atoms with E-state index in [1.807, 2.05) is 0 Å². The van der Waals surface area contributed by atoms with Crippen molar-refractivity contribution in [2.75, 3.05) is 0 Å². The molecule has 0 bridgehead atoms. The number of halogens is 2. The average Bonchev–Trinajstić information content (AvgIpc) is 3.13. The van der Waals surface area contributed by atoms with Crippen LogP contribution >= 0.6 is 35.4 Å². The van der Waals surface area contributed by atoms with E-state index >= 15 is 0 Å². The van der Waals surface area contributed by atoms with E-state index in [9.17, 15) is 4.79 Å². The van der Waals surface area contributed by atoms with E-state index in [-0.39, 0.29) is 17.0 Å². The molecule has 1 atom stereocenters. The molecule has 1 aromatic rings. The number of thiocarbonyl (C=S) groups is 1. The summed E-state index contributed by atoms with van der Waals surface area (Å²) < 4.78 is 0. The maximum absolute atomic E-state index is 12.1. The number of rotatable bonds is 4. The Hall–Kier alpha value is -0.840. The van der Waals surface area contributed by atoms with E-state index in [4.69, 9.17) is 41.2 Å². The molecule has 3 nitrogen and oxygen atoms in total. The summed E-state index contributed by atoms with van der Waals surface area (Å²) in [5, 5.41) is 3.41. The molecular formula is C12H12Cl2N2OS. The van der Waals surface area contributed by atoms with Crippen molar-refractivity contribution in [3.63, 3.8) is 0 Å². The Morgan fingerprint density at radius 1 is 1.44 bits per heavy atom. The van der Waals surface area contributed by atoms with Gasteiger partial charge < -0.3 is 11.1 Å². The molecule has 0 saturated heterocycles. The quantitative estimate of drug-likeness (QED) is 0.841. The molecule has 6 heteroatoms. The Balaban J connectivity index is 2.16. The average molecular weight is 303 g/mol. The number of nitrogens with two attached hydrogens (primary N) is 1. The Kier molecular flexibility index (Phi) is 4.10. The minimum absolute atomic E-state index is 0.245. The predicted octanol–water partition coefficient (Wildman–Crippen LogP) is 2.79. The second-order valence-corrected chi connectivity index (χ2v) is 5.55. The number of hydrogen-bond acceptors (Lipinski definition) is 2. The molecule has 0 radical (unpaired) electrons. The first-order valence-corrected chi connectivity index (χ1v) is 6.71. The molecule has 1 aliphatic rings. The van der Waals surface area contributed by atoms with E-state index < -0.39 is 0 Å². The molecule has 3 N–H and O–H groups in total. The number of hydrogen-bond donors (Lipinski definition) is 2. The van der Waals surface area contributed by atoms with Crippen molar-refractivity contribution in [1.82, 2.24) is 5.32 Å². The highest BCUT2D eigenvalue weighted by Crippen LogP contribution is 2.33. The smallest absolute Gasteiger partial charge is 0.253 e. The van der Waals surface area contributed by atoms with Gasteiger partial charge in [0.05, 0.1) is 26.6 Å². The summed E-state index contributed by atoms with van der Waals surface area (Å²) in [6, 6.07) is 4.66. The van der Waals surface area contributed by atoms with E-state index in [1.165, 1.54) is 0 Å². The number of carbonyl (C=O) groups excluding carboxylic acids is 1. The van der Waals surface area contributed by atoms with E-state index in [2.05, 4.69) is 5.32 Å². The summed E-state index contributed by atoms with van der Waals surface area (Å²) in [4.78, 5) is 12.4. The molecule has 0 aliphatic heterocycles. The maximum atomic E-state index is 12.1. The molecular weight excluding hydrogens is 291 g/mol. The van der Waals surface area contributed by atoms with Crippen molar-refractivity contribution in [2.45, 2.75) is 18.9 Å². The molecule has 96 valence electrons. The lowest BCUT2D eigenvalue weighted by molar-refractivity contribution is 0.0944. The van der Waals surface area contributed by atoms with E-state index in [1.54, 1.807) is 18.2 Å². The van der Waals surface area contributed by atoms with E-state index in [0.29, 0.717) is 21.5 Å². The van der Waals surface area contributed by atoms with Crippen LogP contribution in [0.5, 0.6) is 0 Å². The van der Waals surface area contributed by atoms with Crippen LogP contribution < -0.4 is 11.1 Å². The van der Waals surface area contributed by atoms with Gasteiger partial charge in [0.25, 0.3) is 5.91 Å². The molecule has 1 saturated carbocycles. The summed E-state index contributed by atoms with van der Waals surface area (Å²) >= 11 is 16.8. The molecule has 0 heterocycles. The van der Waals surface area contributed by atoms with Crippen molar-refractivity contribution in [3.8, 4) is 0 Å². The van der Waals surface area contributed by atoms with Gasteiger partial charge in [-0.2, -0.15) is 0 Å². The van der Waals surface area contributed by atoms with Gasteiger partial charge >= 0.3 is 0 Å². The van der Waals surface area contributed by atoms with Gasteiger partial charge in [0, 0.05) is 0 Å². The molecule has 0 spiro atoms. The first-order valence-electron chi connectivity index (χ1n) is 5.55. The predicted molar refractivity (Wildman–Crippen MR) is 77.2 cm³/mol. The molecule has 0 aromatic heterocycles. The Labute approximate surface area is 121 Å². The lowest BCUT2D eigenvalue weighted by Gasteiger charge is -2.17. The lowest BCUT2D eigenvalue weighted by atomic mass is 10.1. The van der Waals surface area contributed by atoms with Crippen LogP contribution in [0, 0.1) is 5.92 Å². The second kappa shape index (κ2) is 5.43. The molecule has 2 rings (SSSR count). The fourth-order valence-corrected chi connectivity index (χ4v) is 2.39. The first kappa shape index (κ1) is 13.6. The molecule has 1 aromatic carbocycles. The van der Waals surface area contributed by atoms with Crippen LogP contribution in [-0.2, 0) is 0 Å². The van der Waals surface area contributed by atoms with Crippen LogP contribution in [-0.4, -0.2) is 16.9 Å². The van der Waals surface area contributed by atoms with Gasteiger partial charge in [-0.25, -0.2) is 0 Å². The highest BCUT2D eigenvalue weighted by Gasteiger charge is 2.34. The monoisotopic (exact) mass is 302 g/mol. The van der Waals surface area contributed by atoms with Gasteiger partial charge in [0.1, 0.15) is 0 Å². The van der Waals surface area contributed by atoms with Crippen molar-refractivity contribution in [2.24, 2.45) is 11.7 Å². The minimum atomic E-state index is -0.299. The normalized spacial score (nSPS) is 16.1. The number of amides is 1. The van der Waals surface area contributed by atoms with Crippen molar-refractivity contribution >= 4 is 46.3 Å². The third-order valence-electron chi connectivity index (χ3n) is 2.88. The van der Waals surface area contributed by atoms with Gasteiger partial charge in [0.2, 0.25) is 0 Å². The zero-order valence-corrected chi connectivity index (χ0v) is 11.8. The second-order valence-electron chi connectivity index (χ2n) is 4.29.